The number of benzene rings is 1. The number of rotatable bonds is 1. The molecular formula is C10H10ClFN2. The molecule has 1 aromatic carbocycles. The molecule has 0 atom stereocenters. The van der Waals surface area contributed by atoms with Crippen molar-refractivity contribution in [2.45, 2.75) is 19.8 Å². The lowest BCUT2D eigenvalue weighted by Gasteiger charge is -2.06. The van der Waals surface area contributed by atoms with Gasteiger partial charge in [0.15, 0.2) is 0 Å². The summed E-state index contributed by atoms with van der Waals surface area (Å²) >= 11 is 5.72. The van der Waals surface area contributed by atoms with Gasteiger partial charge in [0.1, 0.15) is 5.82 Å². The van der Waals surface area contributed by atoms with Crippen LogP contribution in [0.5, 0.6) is 0 Å². The number of imidazole rings is 1. The highest BCUT2D eigenvalue weighted by molar-refractivity contribution is 6.29. The summed E-state index contributed by atoms with van der Waals surface area (Å²) in [6.45, 7) is 3.86. The molecule has 0 aliphatic carbocycles. The van der Waals surface area contributed by atoms with Gasteiger partial charge < -0.3 is 4.98 Å². The van der Waals surface area contributed by atoms with Crippen molar-refractivity contribution in [3.05, 3.63) is 28.8 Å². The van der Waals surface area contributed by atoms with Crippen LogP contribution in [0.15, 0.2) is 12.1 Å². The maximum Gasteiger partial charge on any atom is 0.201 e. The van der Waals surface area contributed by atoms with Gasteiger partial charge in [-0.2, -0.15) is 0 Å². The monoisotopic (exact) mass is 212 g/mol. The highest BCUT2D eigenvalue weighted by Gasteiger charge is 2.14. The van der Waals surface area contributed by atoms with Crippen LogP contribution in [0.2, 0.25) is 5.28 Å². The van der Waals surface area contributed by atoms with Crippen molar-refractivity contribution in [3.63, 3.8) is 0 Å². The van der Waals surface area contributed by atoms with Crippen LogP contribution in [0.3, 0.4) is 0 Å². The van der Waals surface area contributed by atoms with Gasteiger partial charge in [-0.05, 0) is 29.7 Å². The van der Waals surface area contributed by atoms with Gasteiger partial charge in [0, 0.05) is 5.56 Å². The van der Waals surface area contributed by atoms with Gasteiger partial charge in [0.25, 0.3) is 0 Å². The van der Waals surface area contributed by atoms with Crippen LogP contribution in [0.4, 0.5) is 4.39 Å². The normalized spacial score (nSPS) is 11.5. The van der Waals surface area contributed by atoms with Gasteiger partial charge in [-0.1, -0.05) is 13.8 Å². The number of nitrogens with one attached hydrogen (secondary N) is 1. The van der Waals surface area contributed by atoms with Crippen LogP contribution in [0, 0.1) is 5.82 Å². The Morgan fingerprint density at radius 2 is 2.14 bits per heavy atom. The lowest BCUT2D eigenvalue weighted by atomic mass is 10.0. The maximum atomic E-state index is 13.5. The lowest BCUT2D eigenvalue weighted by molar-refractivity contribution is 0.601. The van der Waals surface area contributed by atoms with E-state index in [1.54, 1.807) is 6.07 Å². The Hall–Kier alpha value is -1.09. The number of halogens is 2. The minimum atomic E-state index is -0.226. The van der Waals surface area contributed by atoms with Gasteiger partial charge >= 0.3 is 0 Å². The molecule has 0 unspecified atom stereocenters. The standard InChI is InChI=1S/C10H10ClFN2/c1-5(2)8-6(12)3-4-7-9(8)14-10(11)13-7/h3-5H,1-2H3,(H,13,14). The largest absolute Gasteiger partial charge is 0.329 e. The van der Waals surface area contributed by atoms with E-state index < -0.39 is 0 Å². The molecule has 4 heteroatoms. The van der Waals surface area contributed by atoms with Gasteiger partial charge in [0.05, 0.1) is 11.0 Å². The van der Waals surface area contributed by atoms with Crippen molar-refractivity contribution >= 4 is 22.6 Å². The van der Waals surface area contributed by atoms with E-state index in [-0.39, 0.29) is 11.7 Å². The molecular weight excluding hydrogens is 203 g/mol. The molecule has 2 nitrogen and oxygen atoms in total. The second kappa shape index (κ2) is 3.24. The SMILES string of the molecule is CC(C)c1c(F)ccc2[nH]c(Cl)nc12. The summed E-state index contributed by atoms with van der Waals surface area (Å²) in [5.74, 6) is -0.131. The van der Waals surface area contributed by atoms with E-state index >= 15 is 0 Å². The molecule has 2 aromatic rings. The van der Waals surface area contributed by atoms with Crippen LogP contribution in [-0.4, -0.2) is 9.97 Å². The molecule has 1 heterocycles. The Bertz CT molecular complexity index is 476. The molecule has 0 saturated carbocycles. The second-order valence-corrected chi connectivity index (χ2v) is 3.90. The number of hydrogen-bond donors (Lipinski definition) is 1. The van der Waals surface area contributed by atoms with Crippen molar-refractivity contribution < 1.29 is 4.39 Å². The minimum Gasteiger partial charge on any atom is -0.329 e. The average Bonchev–Trinajstić information content (AvgIpc) is 2.43. The Balaban J connectivity index is 2.82. The molecule has 2 rings (SSSR count). The summed E-state index contributed by atoms with van der Waals surface area (Å²) in [5.41, 5.74) is 2.02. The van der Waals surface area contributed by atoms with Crippen molar-refractivity contribution in [3.8, 4) is 0 Å². The van der Waals surface area contributed by atoms with Crippen molar-refractivity contribution in [2.24, 2.45) is 0 Å². The second-order valence-electron chi connectivity index (χ2n) is 3.54. The number of hydrogen-bond acceptors (Lipinski definition) is 1. The highest BCUT2D eigenvalue weighted by Crippen LogP contribution is 2.27. The number of fused-ring (bicyclic) bond motifs is 1. The van der Waals surface area contributed by atoms with E-state index in [1.807, 2.05) is 13.8 Å². The van der Waals surface area contributed by atoms with Crippen LogP contribution in [0.1, 0.15) is 25.3 Å². The molecule has 0 aliphatic heterocycles. The Kier molecular flexibility index (Phi) is 2.19. The summed E-state index contributed by atoms with van der Waals surface area (Å²) < 4.78 is 13.5. The first-order valence-corrected chi connectivity index (χ1v) is 4.81. The summed E-state index contributed by atoms with van der Waals surface area (Å²) in [6.07, 6.45) is 0. The average molecular weight is 213 g/mol. The quantitative estimate of drug-likeness (QED) is 0.770. The first-order chi connectivity index (χ1) is 6.59. The fourth-order valence-corrected chi connectivity index (χ4v) is 1.78. The summed E-state index contributed by atoms with van der Waals surface area (Å²) in [4.78, 5) is 6.93. The lowest BCUT2D eigenvalue weighted by Crippen LogP contribution is -1.94. The van der Waals surface area contributed by atoms with Gasteiger partial charge in [0.2, 0.25) is 5.28 Å². The molecule has 74 valence electrons. The Labute approximate surface area is 86.1 Å². The molecule has 0 saturated heterocycles. The summed E-state index contributed by atoms with van der Waals surface area (Å²) in [6, 6.07) is 3.08. The number of aromatic amines is 1. The fraction of sp³-hybridized carbons (Fsp3) is 0.300. The first kappa shape index (κ1) is 9.46. The fourth-order valence-electron chi connectivity index (χ4n) is 1.59. The minimum absolute atomic E-state index is 0.0954. The van der Waals surface area contributed by atoms with E-state index in [0.29, 0.717) is 16.4 Å². The van der Waals surface area contributed by atoms with Crippen molar-refractivity contribution in [1.29, 1.82) is 0 Å². The van der Waals surface area contributed by atoms with E-state index in [4.69, 9.17) is 11.6 Å². The molecule has 1 aromatic heterocycles. The van der Waals surface area contributed by atoms with Gasteiger partial charge in [-0.15, -0.1) is 0 Å². The molecule has 0 fully saturated rings. The van der Waals surface area contributed by atoms with Gasteiger partial charge in [-0.3, -0.25) is 0 Å². The molecule has 0 spiro atoms. The molecule has 0 radical (unpaired) electrons. The zero-order valence-corrected chi connectivity index (χ0v) is 8.69. The summed E-state index contributed by atoms with van der Waals surface area (Å²) in [5, 5.41) is 0.299. The smallest absolute Gasteiger partial charge is 0.201 e. The molecule has 1 N–H and O–H groups in total. The Morgan fingerprint density at radius 3 is 2.79 bits per heavy atom. The van der Waals surface area contributed by atoms with E-state index in [2.05, 4.69) is 9.97 Å². The van der Waals surface area contributed by atoms with E-state index in [1.165, 1.54) is 6.07 Å². The third kappa shape index (κ3) is 1.38. The van der Waals surface area contributed by atoms with Gasteiger partial charge in [-0.25, -0.2) is 9.37 Å². The number of nitrogens with zero attached hydrogens (tertiary/aromatic N) is 1. The predicted molar refractivity (Wildman–Crippen MR) is 55.2 cm³/mol. The van der Waals surface area contributed by atoms with Crippen LogP contribution >= 0.6 is 11.6 Å². The number of aromatic nitrogens is 2. The molecule has 14 heavy (non-hydrogen) atoms. The highest BCUT2D eigenvalue weighted by atomic mass is 35.5. The number of H-pyrrole nitrogens is 1. The molecule has 0 aliphatic rings. The van der Waals surface area contributed by atoms with E-state index in [9.17, 15) is 4.39 Å². The van der Waals surface area contributed by atoms with Crippen molar-refractivity contribution in [2.75, 3.05) is 0 Å². The third-order valence-corrected chi connectivity index (χ3v) is 2.37. The van der Waals surface area contributed by atoms with Crippen molar-refractivity contribution in [1.82, 2.24) is 9.97 Å². The molecule has 0 amide bonds. The zero-order chi connectivity index (χ0) is 10.3. The molecule has 0 bridgehead atoms. The Morgan fingerprint density at radius 1 is 1.43 bits per heavy atom. The third-order valence-electron chi connectivity index (χ3n) is 2.19. The topological polar surface area (TPSA) is 28.7 Å². The van der Waals surface area contributed by atoms with Crippen LogP contribution in [0.25, 0.3) is 11.0 Å². The first-order valence-electron chi connectivity index (χ1n) is 4.43. The van der Waals surface area contributed by atoms with E-state index in [0.717, 1.165) is 5.52 Å². The summed E-state index contributed by atoms with van der Waals surface area (Å²) in [7, 11) is 0. The van der Waals surface area contributed by atoms with Crippen LogP contribution in [-0.2, 0) is 0 Å². The zero-order valence-electron chi connectivity index (χ0n) is 7.94. The predicted octanol–water partition coefficient (Wildman–Crippen LogP) is 3.48. The maximum absolute atomic E-state index is 13.5. The van der Waals surface area contributed by atoms with Crippen LogP contribution < -0.4 is 0 Å².